The number of rotatable bonds is 6. The smallest absolute Gasteiger partial charge is 0.336 e. The van der Waals surface area contributed by atoms with Gasteiger partial charge >= 0.3 is 11.9 Å². The molecule has 0 aliphatic carbocycles. The Bertz CT molecular complexity index is 966. The van der Waals surface area contributed by atoms with Gasteiger partial charge in [0.2, 0.25) is 0 Å². The molecule has 0 radical (unpaired) electrons. The monoisotopic (exact) mass is 427 g/mol. The van der Waals surface area contributed by atoms with E-state index in [2.05, 4.69) is 0 Å². The normalized spacial score (nSPS) is 13.9. The Morgan fingerprint density at radius 3 is 2.03 bits per heavy atom. The fraction of sp³-hybridized carbons (Fsp3) is 0.217. The van der Waals surface area contributed by atoms with Gasteiger partial charge in [-0.15, -0.1) is 0 Å². The lowest BCUT2D eigenvalue weighted by Gasteiger charge is -2.30. The first-order valence-electron chi connectivity index (χ1n) is 9.21. The van der Waals surface area contributed by atoms with Gasteiger partial charge in [-0.3, -0.25) is 0 Å². The SMILES string of the molecule is COC(=O)C1=CN(Cc2ccccc2)C=C(C(=O)OC)C1c1ccc(OC)c(Cl)c1. The summed E-state index contributed by atoms with van der Waals surface area (Å²) in [6, 6.07) is 14.8. The molecule has 0 aromatic heterocycles. The number of hydrogen-bond donors (Lipinski definition) is 0. The number of esters is 2. The van der Waals surface area contributed by atoms with E-state index in [1.165, 1.54) is 21.3 Å². The summed E-state index contributed by atoms with van der Waals surface area (Å²) in [5.74, 6) is -1.28. The Kier molecular flexibility index (Phi) is 6.79. The van der Waals surface area contributed by atoms with Gasteiger partial charge in [-0.1, -0.05) is 48.0 Å². The molecule has 2 aromatic carbocycles. The third-order valence-electron chi connectivity index (χ3n) is 4.79. The highest BCUT2D eigenvalue weighted by atomic mass is 35.5. The van der Waals surface area contributed by atoms with Crippen molar-refractivity contribution in [3.05, 3.63) is 88.2 Å². The average molecular weight is 428 g/mol. The van der Waals surface area contributed by atoms with Crippen LogP contribution in [0.5, 0.6) is 5.75 Å². The van der Waals surface area contributed by atoms with Gasteiger partial charge in [-0.2, -0.15) is 0 Å². The number of ether oxygens (including phenoxy) is 3. The van der Waals surface area contributed by atoms with Crippen LogP contribution in [-0.2, 0) is 25.6 Å². The molecule has 0 bridgehead atoms. The van der Waals surface area contributed by atoms with Crippen molar-refractivity contribution in [3.8, 4) is 5.75 Å². The summed E-state index contributed by atoms with van der Waals surface area (Å²) in [5.41, 5.74) is 2.27. The van der Waals surface area contributed by atoms with Crippen molar-refractivity contribution in [2.75, 3.05) is 21.3 Å². The minimum absolute atomic E-state index is 0.303. The van der Waals surface area contributed by atoms with Crippen molar-refractivity contribution < 1.29 is 23.8 Å². The zero-order valence-corrected chi connectivity index (χ0v) is 17.7. The third-order valence-corrected chi connectivity index (χ3v) is 5.09. The van der Waals surface area contributed by atoms with E-state index >= 15 is 0 Å². The number of benzene rings is 2. The summed E-state index contributed by atoms with van der Waals surface area (Å²) in [4.78, 5) is 27.1. The maximum Gasteiger partial charge on any atom is 0.336 e. The molecule has 0 N–H and O–H groups in total. The van der Waals surface area contributed by atoms with Crippen molar-refractivity contribution >= 4 is 23.5 Å². The van der Waals surface area contributed by atoms with Crippen LogP contribution >= 0.6 is 11.6 Å². The molecule has 0 spiro atoms. The lowest BCUT2D eigenvalue weighted by Crippen LogP contribution is -2.28. The Balaban J connectivity index is 2.09. The maximum atomic E-state index is 12.7. The standard InChI is InChI=1S/C23H22ClNO5/c1-28-20-10-9-16(11-19(20)24)21-17(22(26)29-2)13-25(14-18(21)23(27)30-3)12-15-7-5-4-6-8-15/h4-11,13-14,21H,12H2,1-3H3. The van der Waals surface area contributed by atoms with E-state index in [4.69, 9.17) is 25.8 Å². The number of halogens is 1. The van der Waals surface area contributed by atoms with Crippen LogP contribution in [0.25, 0.3) is 0 Å². The molecular weight excluding hydrogens is 406 g/mol. The molecule has 0 amide bonds. The fourth-order valence-corrected chi connectivity index (χ4v) is 3.66. The highest BCUT2D eigenvalue weighted by Crippen LogP contribution is 2.39. The number of nitrogens with zero attached hydrogens (tertiary/aromatic N) is 1. The van der Waals surface area contributed by atoms with E-state index in [9.17, 15) is 9.59 Å². The number of carbonyl (C=O) groups is 2. The molecule has 0 unspecified atom stereocenters. The van der Waals surface area contributed by atoms with Gasteiger partial charge in [-0.25, -0.2) is 9.59 Å². The Labute approximate surface area is 180 Å². The van der Waals surface area contributed by atoms with E-state index in [-0.39, 0.29) is 0 Å². The Morgan fingerprint density at radius 2 is 1.53 bits per heavy atom. The molecule has 0 fully saturated rings. The topological polar surface area (TPSA) is 65.1 Å². The van der Waals surface area contributed by atoms with Gasteiger partial charge in [-0.05, 0) is 23.3 Å². The third kappa shape index (κ3) is 4.49. The predicted molar refractivity (Wildman–Crippen MR) is 113 cm³/mol. The van der Waals surface area contributed by atoms with Crippen LogP contribution in [0, 0.1) is 0 Å². The van der Waals surface area contributed by atoms with Gasteiger partial charge < -0.3 is 19.1 Å². The highest BCUT2D eigenvalue weighted by molar-refractivity contribution is 6.32. The van der Waals surface area contributed by atoms with Gasteiger partial charge in [0.1, 0.15) is 5.75 Å². The van der Waals surface area contributed by atoms with Crippen molar-refractivity contribution in [3.63, 3.8) is 0 Å². The molecule has 6 nitrogen and oxygen atoms in total. The van der Waals surface area contributed by atoms with Crippen LogP contribution in [0.4, 0.5) is 0 Å². The zero-order valence-electron chi connectivity index (χ0n) is 16.9. The lowest BCUT2D eigenvalue weighted by atomic mass is 9.83. The zero-order chi connectivity index (χ0) is 21.7. The molecule has 2 aromatic rings. The molecule has 0 atom stereocenters. The Hall–Kier alpha value is -3.25. The first-order valence-corrected chi connectivity index (χ1v) is 9.59. The van der Waals surface area contributed by atoms with E-state index in [1.54, 1.807) is 35.5 Å². The van der Waals surface area contributed by atoms with Crippen LogP contribution in [0.15, 0.2) is 72.1 Å². The molecule has 0 saturated heterocycles. The molecule has 30 heavy (non-hydrogen) atoms. The number of hydrogen-bond acceptors (Lipinski definition) is 6. The summed E-state index contributed by atoms with van der Waals surface area (Å²) in [7, 11) is 4.13. The second-order valence-corrected chi connectivity index (χ2v) is 7.04. The van der Waals surface area contributed by atoms with E-state index in [1.807, 2.05) is 30.3 Å². The van der Waals surface area contributed by atoms with Gasteiger partial charge in [0, 0.05) is 18.9 Å². The summed E-state index contributed by atoms with van der Waals surface area (Å²) in [6.45, 7) is 0.470. The van der Waals surface area contributed by atoms with Crippen molar-refractivity contribution in [2.45, 2.75) is 12.5 Å². The minimum Gasteiger partial charge on any atom is -0.495 e. The van der Waals surface area contributed by atoms with Crippen LogP contribution in [0.3, 0.4) is 0 Å². The minimum atomic E-state index is -0.694. The van der Waals surface area contributed by atoms with Crippen LogP contribution < -0.4 is 4.74 Å². The van der Waals surface area contributed by atoms with Crippen LogP contribution in [0.1, 0.15) is 17.0 Å². The second kappa shape index (κ2) is 9.50. The first-order chi connectivity index (χ1) is 14.5. The molecule has 3 rings (SSSR count). The first kappa shape index (κ1) is 21.5. The molecule has 7 heteroatoms. The quantitative estimate of drug-likeness (QED) is 0.648. The maximum absolute atomic E-state index is 12.7. The van der Waals surface area contributed by atoms with E-state index in [0.29, 0.717) is 34.0 Å². The van der Waals surface area contributed by atoms with Crippen molar-refractivity contribution in [1.82, 2.24) is 4.90 Å². The molecule has 1 aliphatic rings. The van der Waals surface area contributed by atoms with Gasteiger partial charge in [0.25, 0.3) is 0 Å². The van der Waals surface area contributed by atoms with E-state index in [0.717, 1.165) is 5.56 Å². The highest BCUT2D eigenvalue weighted by Gasteiger charge is 2.35. The molecule has 0 saturated carbocycles. The number of methoxy groups -OCH3 is 3. The summed E-state index contributed by atoms with van der Waals surface area (Å²) in [6.07, 6.45) is 3.38. The molecule has 156 valence electrons. The van der Waals surface area contributed by atoms with Crippen LogP contribution in [-0.4, -0.2) is 38.2 Å². The predicted octanol–water partition coefficient (Wildman–Crippen LogP) is 4.06. The summed E-state index contributed by atoms with van der Waals surface area (Å²) in [5, 5.41) is 0.371. The Morgan fingerprint density at radius 1 is 0.933 bits per heavy atom. The summed E-state index contributed by atoms with van der Waals surface area (Å²) >= 11 is 6.30. The van der Waals surface area contributed by atoms with Crippen molar-refractivity contribution in [2.24, 2.45) is 0 Å². The van der Waals surface area contributed by atoms with E-state index < -0.39 is 17.9 Å². The van der Waals surface area contributed by atoms with Crippen molar-refractivity contribution in [1.29, 1.82) is 0 Å². The van der Waals surface area contributed by atoms with Crippen LogP contribution in [0.2, 0.25) is 5.02 Å². The lowest BCUT2D eigenvalue weighted by molar-refractivity contribution is -0.137. The van der Waals surface area contributed by atoms with Gasteiger partial charge in [0.15, 0.2) is 0 Å². The second-order valence-electron chi connectivity index (χ2n) is 6.64. The summed E-state index contributed by atoms with van der Waals surface area (Å²) < 4.78 is 15.2. The fourth-order valence-electron chi connectivity index (χ4n) is 3.39. The molecule has 1 heterocycles. The largest absolute Gasteiger partial charge is 0.495 e. The van der Waals surface area contributed by atoms with Gasteiger partial charge in [0.05, 0.1) is 43.4 Å². The number of carbonyl (C=O) groups excluding carboxylic acids is 2. The molecule has 1 aliphatic heterocycles. The average Bonchev–Trinajstić information content (AvgIpc) is 2.78. The molecular formula is C23H22ClNO5.